The van der Waals surface area contributed by atoms with Crippen LogP contribution in [0.5, 0.6) is 5.75 Å². The first kappa shape index (κ1) is 17.8. The summed E-state index contributed by atoms with van der Waals surface area (Å²) in [5, 5.41) is 4.96. The summed E-state index contributed by atoms with van der Waals surface area (Å²) >= 11 is 0. The zero-order chi connectivity index (χ0) is 17.4. The third-order valence-electron chi connectivity index (χ3n) is 3.69. The van der Waals surface area contributed by atoms with Crippen LogP contribution in [0.15, 0.2) is 23.3 Å². The lowest BCUT2D eigenvalue weighted by Crippen LogP contribution is -2.39. The number of nitrogens with zero attached hydrogens (tertiary/aromatic N) is 4. The van der Waals surface area contributed by atoms with E-state index in [1.165, 1.54) is 5.01 Å². The fourth-order valence-corrected chi connectivity index (χ4v) is 2.49. The van der Waals surface area contributed by atoms with Crippen molar-refractivity contribution in [3.05, 3.63) is 39.8 Å². The average Bonchev–Trinajstić information content (AvgIpc) is 2.66. The van der Waals surface area contributed by atoms with Gasteiger partial charge in [-0.2, -0.15) is 0 Å². The molecular weight excluding hydrogens is 310 g/mol. The maximum atomic E-state index is 12.1. The van der Waals surface area contributed by atoms with E-state index in [1.54, 1.807) is 25.2 Å². The highest BCUT2D eigenvalue weighted by atomic mass is 16.5. The van der Waals surface area contributed by atoms with Crippen molar-refractivity contribution in [3.63, 3.8) is 0 Å². The van der Waals surface area contributed by atoms with Crippen LogP contribution in [0.3, 0.4) is 0 Å². The van der Waals surface area contributed by atoms with Crippen LogP contribution in [0, 0.1) is 0 Å². The number of rotatable bonds is 8. The predicted octanol–water partition coefficient (Wildman–Crippen LogP) is 2.71. The molecule has 1 aromatic carbocycles. The zero-order valence-corrected chi connectivity index (χ0v) is 13.7. The van der Waals surface area contributed by atoms with Gasteiger partial charge in [0, 0.05) is 24.1 Å². The van der Waals surface area contributed by atoms with E-state index in [0.29, 0.717) is 30.0 Å². The minimum Gasteiger partial charge on any atom is -0.494 e. The SMILES string of the molecule is CN1CC(=O)c2ccc(OCCCCCCN=[N+]=[N-])cc2C(=O)N1. The predicted molar refractivity (Wildman–Crippen MR) is 88.8 cm³/mol. The highest BCUT2D eigenvalue weighted by Gasteiger charge is 2.24. The summed E-state index contributed by atoms with van der Waals surface area (Å²) in [6.07, 6.45) is 3.71. The zero-order valence-electron chi connectivity index (χ0n) is 13.7. The molecule has 0 atom stereocenters. The first-order valence-corrected chi connectivity index (χ1v) is 7.95. The van der Waals surface area contributed by atoms with Crippen molar-refractivity contribution >= 4 is 11.7 Å². The van der Waals surface area contributed by atoms with E-state index in [1.807, 2.05) is 0 Å². The van der Waals surface area contributed by atoms with Gasteiger partial charge < -0.3 is 4.74 Å². The van der Waals surface area contributed by atoms with E-state index < -0.39 is 0 Å². The van der Waals surface area contributed by atoms with E-state index >= 15 is 0 Å². The number of ketones is 1. The van der Waals surface area contributed by atoms with Crippen molar-refractivity contribution in [1.29, 1.82) is 0 Å². The van der Waals surface area contributed by atoms with Crippen molar-refractivity contribution in [2.75, 3.05) is 26.7 Å². The topological polar surface area (TPSA) is 107 Å². The van der Waals surface area contributed by atoms with Crippen molar-refractivity contribution in [2.24, 2.45) is 5.11 Å². The van der Waals surface area contributed by atoms with Gasteiger partial charge in [-0.1, -0.05) is 18.0 Å². The Morgan fingerprint density at radius 1 is 1.25 bits per heavy atom. The normalized spacial score (nSPS) is 14.4. The molecule has 0 unspecified atom stereocenters. The smallest absolute Gasteiger partial charge is 0.266 e. The van der Waals surface area contributed by atoms with E-state index in [4.69, 9.17) is 10.3 Å². The Labute approximate surface area is 140 Å². The third-order valence-corrected chi connectivity index (χ3v) is 3.69. The van der Waals surface area contributed by atoms with Gasteiger partial charge in [-0.15, -0.1) is 0 Å². The minimum absolute atomic E-state index is 0.0996. The van der Waals surface area contributed by atoms with Crippen LogP contribution in [0.1, 0.15) is 46.4 Å². The molecule has 2 rings (SSSR count). The summed E-state index contributed by atoms with van der Waals surface area (Å²) in [6, 6.07) is 4.98. The first-order valence-electron chi connectivity index (χ1n) is 7.95. The molecule has 24 heavy (non-hydrogen) atoms. The van der Waals surface area contributed by atoms with Crippen molar-refractivity contribution in [1.82, 2.24) is 10.4 Å². The molecule has 0 bridgehead atoms. The number of hydrazine groups is 1. The van der Waals surface area contributed by atoms with Gasteiger partial charge in [-0.3, -0.25) is 15.0 Å². The Bertz CT molecular complexity index is 655. The van der Waals surface area contributed by atoms with Crippen LogP contribution in [0.25, 0.3) is 10.4 Å². The van der Waals surface area contributed by atoms with Gasteiger partial charge in [0.15, 0.2) is 5.78 Å². The van der Waals surface area contributed by atoms with Crippen LogP contribution in [0.2, 0.25) is 0 Å². The molecule has 0 saturated heterocycles. The summed E-state index contributed by atoms with van der Waals surface area (Å²) in [5.74, 6) is 0.176. The Kier molecular flexibility index (Phi) is 6.60. The number of Topliss-reactive ketones (excluding diaryl/α,β-unsaturated/α-hetero) is 1. The number of hydrogen-bond donors (Lipinski definition) is 1. The van der Waals surface area contributed by atoms with Crippen molar-refractivity contribution < 1.29 is 14.3 Å². The number of carbonyl (C=O) groups is 2. The first-order chi connectivity index (χ1) is 11.6. The minimum atomic E-state index is -0.304. The lowest BCUT2D eigenvalue weighted by atomic mass is 10.0. The van der Waals surface area contributed by atoms with Crippen molar-refractivity contribution in [3.8, 4) is 5.75 Å². The molecule has 1 aromatic rings. The lowest BCUT2D eigenvalue weighted by Gasteiger charge is -2.12. The molecule has 0 fully saturated rings. The number of ether oxygens (including phenoxy) is 1. The molecule has 0 aromatic heterocycles. The van der Waals surface area contributed by atoms with Crippen LogP contribution < -0.4 is 10.2 Å². The fourth-order valence-electron chi connectivity index (χ4n) is 2.49. The third kappa shape index (κ3) is 4.97. The van der Waals surface area contributed by atoms with Gasteiger partial charge in [0.1, 0.15) is 5.75 Å². The molecule has 1 heterocycles. The van der Waals surface area contributed by atoms with Crippen molar-refractivity contribution in [2.45, 2.75) is 25.7 Å². The highest BCUT2D eigenvalue weighted by Crippen LogP contribution is 2.21. The van der Waals surface area contributed by atoms with E-state index in [0.717, 1.165) is 25.7 Å². The van der Waals surface area contributed by atoms with Crippen LogP contribution in [0.4, 0.5) is 0 Å². The summed E-state index contributed by atoms with van der Waals surface area (Å²) in [5.41, 5.74) is 11.6. The molecule has 1 amide bonds. The molecule has 0 saturated carbocycles. The summed E-state index contributed by atoms with van der Waals surface area (Å²) in [4.78, 5) is 26.9. The molecule has 0 spiro atoms. The second kappa shape index (κ2) is 8.90. The van der Waals surface area contributed by atoms with Crippen LogP contribution in [-0.4, -0.2) is 43.4 Å². The van der Waals surface area contributed by atoms with Gasteiger partial charge >= 0.3 is 0 Å². The largest absolute Gasteiger partial charge is 0.494 e. The Balaban J connectivity index is 1.85. The molecule has 8 heteroatoms. The van der Waals surface area contributed by atoms with Gasteiger partial charge in [0.05, 0.1) is 18.7 Å². The number of likely N-dealkylation sites (N-methyl/N-ethyl adjacent to an activating group) is 1. The molecule has 1 N–H and O–H groups in total. The van der Waals surface area contributed by atoms with Gasteiger partial charge in [-0.25, -0.2) is 5.01 Å². The molecule has 128 valence electrons. The number of benzene rings is 1. The number of carbonyl (C=O) groups excluding carboxylic acids is 2. The summed E-state index contributed by atoms with van der Waals surface area (Å²) in [6.45, 7) is 1.21. The molecular formula is C16H21N5O3. The fraction of sp³-hybridized carbons (Fsp3) is 0.500. The maximum Gasteiger partial charge on any atom is 0.266 e. The number of hydrogen-bond acceptors (Lipinski definition) is 5. The number of nitrogens with one attached hydrogen (secondary N) is 1. The molecule has 0 aliphatic carbocycles. The Morgan fingerprint density at radius 2 is 2.04 bits per heavy atom. The van der Waals surface area contributed by atoms with Gasteiger partial charge in [0.2, 0.25) is 0 Å². The summed E-state index contributed by atoms with van der Waals surface area (Å²) < 4.78 is 5.66. The lowest BCUT2D eigenvalue weighted by molar-refractivity contribution is 0.0812. The Hall–Kier alpha value is -2.57. The van der Waals surface area contributed by atoms with Crippen LogP contribution in [-0.2, 0) is 0 Å². The second-order valence-electron chi connectivity index (χ2n) is 5.64. The Morgan fingerprint density at radius 3 is 2.83 bits per heavy atom. The standard InChI is InChI=1S/C16H21N5O3/c1-21-11-15(22)13-7-6-12(10-14(13)16(23)19-21)24-9-5-3-2-4-8-18-20-17/h6-7,10H,2-5,8-9,11H2,1H3,(H,19,23). The van der Waals surface area contributed by atoms with Gasteiger partial charge in [0.25, 0.3) is 5.91 Å². The maximum absolute atomic E-state index is 12.1. The van der Waals surface area contributed by atoms with E-state index in [2.05, 4.69) is 15.5 Å². The average molecular weight is 331 g/mol. The molecule has 1 aliphatic rings. The quantitative estimate of drug-likeness (QED) is 0.342. The van der Waals surface area contributed by atoms with E-state index in [-0.39, 0.29) is 18.2 Å². The van der Waals surface area contributed by atoms with Crippen LogP contribution >= 0.6 is 0 Å². The molecule has 0 radical (unpaired) electrons. The number of azide groups is 1. The van der Waals surface area contributed by atoms with E-state index in [9.17, 15) is 9.59 Å². The highest BCUT2D eigenvalue weighted by molar-refractivity contribution is 6.10. The monoisotopic (exact) mass is 331 g/mol. The second-order valence-corrected chi connectivity index (χ2v) is 5.64. The number of fused-ring (bicyclic) bond motifs is 1. The number of amides is 1. The molecule has 8 nitrogen and oxygen atoms in total. The molecule has 1 aliphatic heterocycles. The summed E-state index contributed by atoms with van der Waals surface area (Å²) in [7, 11) is 1.65. The number of unbranched alkanes of at least 4 members (excludes halogenated alkanes) is 3. The van der Waals surface area contributed by atoms with Gasteiger partial charge in [-0.05, 0) is 36.6 Å².